The van der Waals surface area contributed by atoms with Gasteiger partial charge in [0.05, 0.1) is 0 Å². The van der Waals surface area contributed by atoms with Gasteiger partial charge in [0.2, 0.25) is 5.91 Å². The third-order valence-electron chi connectivity index (χ3n) is 3.81. The van der Waals surface area contributed by atoms with E-state index in [0.717, 1.165) is 12.2 Å². The Balaban J connectivity index is 0.00000338. The lowest BCUT2D eigenvalue weighted by molar-refractivity contribution is -0.118. The smallest absolute Gasteiger partial charge is 0.218 e. The molecule has 0 bridgehead atoms. The third kappa shape index (κ3) is 6.67. The van der Waals surface area contributed by atoms with Gasteiger partial charge in [0.1, 0.15) is 0 Å². The molecule has 0 saturated carbocycles. The Labute approximate surface area is 164 Å². The van der Waals surface area contributed by atoms with Gasteiger partial charge in [0.15, 0.2) is 5.78 Å². The highest BCUT2D eigenvalue weighted by Crippen LogP contribution is 2.23. The number of nitrogens with two attached hydrogens (primary N) is 1. The van der Waals surface area contributed by atoms with Crippen molar-refractivity contribution in [1.82, 2.24) is 4.90 Å². The summed E-state index contributed by atoms with van der Waals surface area (Å²) in [5.41, 5.74) is 7.05. The van der Waals surface area contributed by atoms with Crippen LogP contribution < -0.4 is 11.1 Å². The number of hydrogen-bond acceptors (Lipinski definition) is 4. The van der Waals surface area contributed by atoms with Crippen LogP contribution in [0.25, 0.3) is 0 Å². The molecule has 0 heterocycles. The number of anilines is 1. The van der Waals surface area contributed by atoms with Crippen molar-refractivity contribution in [1.29, 1.82) is 0 Å². The van der Waals surface area contributed by atoms with Gasteiger partial charge < -0.3 is 16.0 Å². The zero-order valence-electron chi connectivity index (χ0n) is 14.6. The molecule has 0 unspecified atom stereocenters. The first kappa shape index (κ1) is 22.0. The van der Waals surface area contributed by atoms with Gasteiger partial charge in [-0.2, -0.15) is 0 Å². The lowest BCUT2D eigenvalue weighted by Crippen LogP contribution is -2.29. The van der Waals surface area contributed by atoms with Crippen LogP contribution in [-0.4, -0.2) is 43.3 Å². The third-order valence-corrected chi connectivity index (χ3v) is 4.05. The molecule has 2 aromatic rings. The molecule has 0 aliphatic heterocycles. The predicted octanol–water partition coefficient (Wildman–Crippen LogP) is 3.21. The molecule has 3 N–H and O–H groups in total. The van der Waals surface area contributed by atoms with E-state index in [1.54, 1.807) is 24.3 Å². The molecule has 0 saturated heterocycles. The summed E-state index contributed by atoms with van der Waals surface area (Å²) in [5, 5.41) is 3.79. The molecular formula is C19H23Cl2N3O2. The van der Waals surface area contributed by atoms with Gasteiger partial charge in [-0.05, 0) is 25.2 Å². The molecule has 2 aromatic carbocycles. The van der Waals surface area contributed by atoms with E-state index in [1.165, 1.54) is 0 Å². The number of hydrogen-bond donors (Lipinski definition) is 2. The van der Waals surface area contributed by atoms with E-state index in [1.807, 2.05) is 36.2 Å². The summed E-state index contributed by atoms with van der Waals surface area (Å²) >= 11 is 6.07. The standard InChI is InChI=1S/C19H22ClN3O2.ClH/c1-23(11-9-18(21)24)12-10-22-17-8-7-15(20)13-16(17)19(25)14-5-3-2-4-6-14;/h2-8,13,22H,9-12H2,1H3,(H2,21,24);1H. The molecular weight excluding hydrogens is 373 g/mol. The maximum Gasteiger partial charge on any atom is 0.218 e. The Morgan fingerprint density at radius 2 is 1.81 bits per heavy atom. The zero-order valence-corrected chi connectivity index (χ0v) is 16.1. The lowest BCUT2D eigenvalue weighted by Gasteiger charge is -2.17. The summed E-state index contributed by atoms with van der Waals surface area (Å²) in [6, 6.07) is 14.3. The van der Waals surface area contributed by atoms with Crippen molar-refractivity contribution in [2.75, 3.05) is 32.0 Å². The fourth-order valence-corrected chi connectivity index (χ4v) is 2.57. The Hall–Kier alpha value is -2.08. The van der Waals surface area contributed by atoms with E-state index in [-0.39, 0.29) is 24.1 Å². The van der Waals surface area contributed by atoms with Crippen molar-refractivity contribution in [3.05, 3.63) is 64.7 Å². The second kappa shape index (κ2) is 10.8. The minimum absolute atomic E-state index is 0. The fourth-order valence-electron chi connectivity index (χ4n) is 2.40. The fraction of sp³-hybridized carbons (Fsp3) is 0.263. The molecule has 2 rings (SSSR count). The van der Waals surface area contributed by atoms with E-state index < -0.39 is 0 Å². The van der Waals surface area contributed by atoms with Crippen LogP contribution >= 0.6 is 24.0 Å². The number of likely N-dealkylation sites (N-methyl/N-ethyl adjacent to an activating group) is 1. The first-order chi connectivity index (χ1) is 12.0. The summed E-state index contributed by atoms with van der Waals surface area (Å²) in [5.74, 6) is -0.388. The number of ketones is 1. The second-order valence-electron chi connectivity index (χ2n) is 5.83. The SMILES string of the molecule is CN(CCNc1ccc(Cl)cc1C(=O)c1ccccc1)CCC(N)=O.Cl. The maximum absolute atomic E-state index is 12.7. The molecule has 0 aromatic heterocycles. The Morgan fingerprint density at radius 3 is 2.46 bits per heavy atom. The molecule has 0 aliphatic rings. The quantitative estimate of drug-likeness (QED) is 0.639. The zero-order chi connectivity index (χ0) is 18.2. The van der Waals surface area contributed by atoms with Crippen LogP contribution in [0, 0.1) is 0 Å². The van der Waals surface area contributed by atoms with Crippen LogP contribution in [-0.2, 0) is 4.79 Å². The average molecular weight is 396 g/mol. The van der Waals surface area contributed by atoms with Crippen molar-refractivity contribution in [3.8, 4) is 0 Å². The van der Waals surface area contributed by atoms with E-state index in [0.29, 0.717) is 35.7 Å². The number of halogens is 2. The maximum atomic E-state index is 12.7. The van der Waals surface area contributed by atoms with Crippen molar-refractivity contribution in [2.45, 2.75) is 6.42 Å². The molecule has 0 fully saturated rings. The van der Waals surface area contributed by atoms with E-state index in [2.05, 4.69) is 5.32 Å². The van der Waals surface area contributed by atoms with Gasteiger partial charge in [-0.25, -0.2) is 0 Å². The highest BCUT2D eigenvalue weighted by molar-refractivity contribution is 6.31. The molecule has 1 amide bonds. The van der Waals surface area contributed by atoms with Gasteiger partial charge in [-0.3, -0.25) is 9.59 Å². The molecule has 7 heteroatoms. The predicted molar refractivity (Wildman–Crippen MR) is 108 cm³/mol. The highest BCUT2D eigenvalue weighted by atomic mass is 35.5. The monoisotopic (exact) mass is 395 g/mol. The van der Waals surface area contributed by atoms with Crippen molar-refractivity contribution >= 4 is 41.4 Å². The molecule has 0 radical (unpaired) electrons. The molecule has 0 aliphatic carbocycles. The van der Waals surface area contributed by atoms with Crippen molar-refractivity contribution < 1.29 is 9.59 Å². The number of carbonyl (C=O) groups excluding carboxylic acids is 2. The van der Waals surface area contributed by atoms with Crippen LogP contribution in [0.4, 0.5) is 5.69 Å². The van der Waals surface area contributed by atoms with E-state index in [4.69, 9.17) is 17.3 Å². The van der Waals surface area contributed by atoms with Crippen LogP contribution in [0.3, 0.4) is 0 Å². The highest BCUT2D eigenvalue weighted by Gasteiger charge is 2.14. The van der Waals surface area contributed by atoms with Crippen LogP contribution in [0.5, 0.6) is 0 Å². The average Bonchev–Trinajstić information content (AvgIpc) is 2.61. The topological polar surface area (TPSA) is 75.4 Å². The minimum atomic E-state index is -0.312. The van der Waals surface area contributed by atoms with Crippen molar-refractivity contribution in [2.24, 2.45) is 5.73 Å². The summed E-state index contributed by atoms with van der Waals surface area (Å²) in [6.45, 7) is 1.95. The molecule has 0 spiro atoms. The van der Waals surface area contributed by atoms with Crippen LogP contribution in [0.1, 0.15) is 22.3 Å². The number of nitrogens with zero attached hydrogens (tertiary/aromatic N) is 1. The number of amides is 1. The molecule has 26 heavy (non-hydrogen) atoms. The molecule has 140 valence electrons. The first-order valence-electron chi connectivity index (χ1n) is 8.07. The second-order valence-corrected chi connectivity index (χ2v) is 6.27. The Kier molecular flexibility index (Phi) is 9.13. The normalized spacial score (nSPS) is 10.3. The number of primary amides is 1. The van der Waals surface area contributed by atoms with E-state index in [9.17, 15) is 9.59 Å². The van der Waals surface area contributed by atoms with Gasteiger partial charge in [-0.15, -0.1) is 12.4 Å². The van der Waals surface area contributed by atoms with Gasteiger partial charge in [-0.1, -0.05) is 41.9 Å². The number of rotatable bonds is 9. The lowest BCUT2D eigenvalue weighted by atomic mass is 10.0. The summed E-state index contributed by atoms with van der Waals surface area (Å²) in [6.07, 6.45) is 0.329. The largest absolute Gasteiger partial charge is 0.383 e. The Morgan fingerprint density at radius 1 is 1.12 bits per heavy atom. The Bertz CT molecular complexity index is 739. The number of nitrogens with one attached hydrogen (secondary N) is 1. The summed E-state index contributed by atoms with van der Waals surface area (Å²) in [7, 11) is 1.92. The van der Waals surface area contributed by atoms with Gasteiger partial charge in [0.25, 0.3) is 0 Å². The van der Waals surface area contributed by atoms with Crippen LogP contribution in [0.2, 0.25) is 5.02 Å². The molecule has 5 nitrogen and oxygen atoms in total. The summed E-state index contributed by atoms with van der Waals surface area (Å²) < 4.78 is 0. The first-order valence-corrected chi connectivity index (χ1v) is 8.45. The van der Waals surface area contributed by atoms with Gasteiger partial charge in [0, 0.05) is 47.9 Å². The summed E-state index contributed by atoms with van der Waals surface area (Å²) in [4.78, 5) is 25.6. The molecule has 0 atom stereocenters. The minimum Gasteiger partial charge on any atom is -0.383 e. The number of benzene rings is 2. The van der Waals surface area contributed by atoms with Gasteiger partial charge >= 0.3 is 0 Å². The van der Waals surface area contributed by atoms with Crippen molar-refractivity contribution in [3.63, 3.8) is 0 Å². The van der Waals surface area contributed by atoms with E-state index >= 15 is 0 Å². The van der Waals surface area contributed by atoms with Crippen LogP contribution in [0.15, 0.2) is 48.5 Å². The number of carbonyl (C=O) groups is 2.